The molecule has 0 spiro atoms. The Labute approximate surface area is 154 Å². The van der Waals surface area contributed by atoms with E-state index in [9.17, 15) is 9.90 Å². The summed E-state index contributed by atoms with van der Waals surface area (Å²) in [6, 6.07) is 14.5. The predicted molar refractivity (Wildman–Crippen MR) is 99.9 cm³/mol. The highest BCUT2D eigenvalue weighted by Gasteiger charge is 2.54. The number of anilines is 1. The van der Waals surface area contributed by atoms with Crippen molar-refractivity contribution in [3.63, 3.8) is 0 Å². The molecule has 0 aliphatic carbocycles. The van der Waals surface area contributed by atoms with Crippen molar-refractivity contribution in [2.24, 2.45) is 0 Å². The van der Waals surface area contributed by atoms with Gasteiger partial charge < -0.3 is 9.84 Å². The number of aryl methyl sites for hydroxylation is 1. The molecule has 0 aromatic heterocycles. The second-order valence-electron chi connectivity index (χ2n) is 5.91. The Kier molecular flexibility index (Phi) is 4.46. The number of benzene rings is 2. The highest BCUT2D eigenvalue weighted by atomic mass is 79.9. The number of thiocarbonyl (C=S) groups is 1. The van der Waals surface area contributed by atoms with Gasteiger partial charge in [0.25, 0.3) is 11.1 Å². The van der Waals surface area contributed by atoms with Crippen molar-refractivity contribution in [3.8, 4) is 0 Å². The van der Waals surface area contributed by atoms with Crippen LogP contribution in [0.1, 0.15) is 24.2 Å². The molecular weight excluding hydrogens is 390 g/mol. The quantitative estimate of drug-likeness (QED) is 0.786. The lowest BCUT2D eigenvalue weighted by Gasteiger charge is -2.26. The van der Waals surface area contributed by atoms with Gasteiger partial charge in [-0.25, -0.2) is 4.90 Å². The molecule has 2 aromatic carbocycles. The lowest BCUT2D eigenvalue weighted by molar-refractivity contribution is -0.137. The Morgan fingerprint density at radius 3 is 2.33 bits per heavy atom. The first-order chi connectivity index (χ1) is 11.3. The molecule has 24 heavy (non-hydrogen) atoms. The fourth-order valence-corrected chi connectivity index (χ4v) is 3.25. The highest BCUT2D eigenvalue weighted by Crippen LogP contribution is 2.38. The van der Waals surface area contributed by atoms with E-state index in [1.165, 1.54) is 4.90 Å². The molecule has 1 amide bonds. The second-order valence-corrected chi connectivity index (χ2v) is 7.17. The molecule has 2 atom stereocenters. The summed E-state index contributed by atoms with van der Waals surface area (Å²) in [5.41, 5.74) is 0.829. The number of amides is 1. The van der Waals surface area contributed by atoms with Crippen molar-refractivity contribution in [2.45, 2.75) is 25.6 Å². The Bertz CT molecular complexity index is 791. The molecule has 2 aromatic rings. The van der Waals surface area contributed by atoms with E-state index in [-0.39, 0.29) is 11.1 Å². The van der Waals surface area contributed by atoms with E-state index in [4.69, 9.17) is 17.0 Å². The summed E-state index contributed by atoms with van der Waals surface area (Å²) < 4.78 is 6.54. The molecule has 0 saturated carbocycles. The number of aliphatic hydroxyl groups excluding tert-OH is 1. The van der Waals surface area contributed by atoms with Gasteiger partial charge in [-0.15, -0.1) is 0 Å². The standard InChI is InChI=1S/C18H16BrNO3S/c1-11-3-9-14(10-4-11)20-16(22)18(2,23-17(20)24)15(21)12-5-7-13(19)8-6-12/h3-10,15,21H,1-2H3. The lowest BCUT2D eigenvalue weighted by atomic mass is 9.92. The molecule has 6 heteroatoms. The average molecular weight is 406 g/mol. The van der Waals surface area contributed by atoms with Crippen LogP contribution in [0.3, 0.4) is 0 Å². The first-order valence-corrected chi connectivity index (χ1v) is 8.61. The van der Waals surface area contributed by atoms with Crippen LogP contribution in [0.15, 0.2) is 53.0 Å². The van der Waals surface area contributed by atoms with Crippen molar-refractivity contribution in [3.05, 3.63) is 64.1 Å². The van der Waals surface area contributed by atoms with Gasteiger partial charge >= 0.3 is 0 Å². The van der Waals surface area contributed by atoms with Gasteiger partial charge in [0.15, 0.2) is 0 Å². The number of carbonyl (C=O) groups excluding carboxylic acids is 1. The zero-order valence-electron chi connectivity index (χ0n) is 13.2. The molecule has 1 aliphatic rings. The van der Waals surface area contributed by atoms with Crippen LogP contribution < -0.4 is 4.90 Å². The van der Waals surface area contributed by atoms with Crippen molar-refractivity contribution in [1.29, 1.82) is 0 Å². The van der Waals surface area contributed by atoms with E-state index in [1.54, 1.807) is 43.3 Å². The average Bonchev–Trinajstić information content (AvgIpc) is 2.79. The van der Waals surface area contributed by atoms with Crippen LogP contribution in [0.5, 0.6) is 0 Å². The van der Waals surface area contributed by atoms with Crippen LogP contribution in [0, 0.1) is 6.92 Å². The van der Waals surface area contributed by atoms with Crippen LogP contribution in [-0.4, -0.2) is 21.8 Å². The molecule has 124 valence electrons. The summed E-state index contributed by atoms with van der Waals surface area (Å²) in [4.78, 5) is 14.3. The summed E-state index contributed by atoms with van der Waals surface area (Å²) in [7, 11) is 0. The van der Waals surface area contributed by atoms with Crippen molar-refractivity contribution >= 4 is 44.9 Å². The van der Waals surface area contributed by atoms with Gasteiger partial charge in [-0.1, -0.05) is 45.8 Å². The third-order valence-electron chi connectivity index (χ3n) is 4.11. The molecule has 2 unspecified atom stereocenters. The highest BCUT2D eigenvalue weighted by molar-refractivity contribution is 9.10. The number of hydrogen-bond donors (Lipinski definition) is 1. The summed E-state index contributed by atoms with van der Waals surface area (Å²) >= 11 is 8.59. The molecular formula is C18H16BrNO3S. The summed E-state index contributed by atoms with van der Waals surface area (Å²) in [5, 5.41) is 10.8. The molecule has 1 heterocycles. The van der Waals surface area contributed by atoms with E-state index in [0.717, 1.165) is 10.0 Å². The van der Waals surface area contributed by atoms with Gasteiger partial charge in [0.05, 0.1) is 5.69 Å². The van der Waals surface area contributed by atoms with Crippen LogP contribution >= 0.6 is 28.1 Å². The number of halogens is 1. The molecule has 0 radical (unpaired) electrons. The van der Waals surface area contributed by atoms with Crippen LogP contribution in [-0.2, 0) is 9.53 Å². The first kappa shape index (κ1) is 17.1. The van der Waals surface area contributed by atoms with Gasteiger partial charge in [0.2, 0.25) is 5.60 Å². The van der Waals surface area contributed by atoms with Crippen LogP contribution in [0.2, 0.25) is 0 Å². The zero-order chi connectivity index (χ0) is 17.5. The minimum Gasteiger partial charge on any atom is -0.451 e. The smallest absolute Gasteiger partial charge is 0.281 e. The number of nitrogens with zero attached hydrogens (tertiary/aromatic N) is 1. The maximum Gasteiger partial charge on any atom is 0.281 e. The molecule has 1 aliphatic heterocycles. The Hall–Kier alpha value is -1.76. The SMILES string of the molecule is Cc1ccc(N2C(=O)C(C)(C(O)c3ccc(Br)cc3)OC2=S)cc1. The number of hydrogen-bond acceptors (Lipinski definition) is 4. The van der Waals surface area contributed by atoms with Crippen LogP contribution in [0.4, 0.5) is 5.69 Å². The number of rotatable bonds is 3. The molecule has 1 N–H and O–H groups in total. The normalized spacial score (nSPS) is 21.8. The number of aliphatic hydroxyl groups is 1. The Morgan fingerprint density at radius 2 is 1.75 bits per heavy atom. The second kappa shape index (κ2) is 6.27. The van der Waals surface area contributed by atoms with E-state index in [2.05, 4.69) is 15.9 Å². The molecule has 1 saturated heterocycles. The molecule has 1 fully saturated rings. The van der Waals surface area contributed by atoms with Crippen molar-refractivity contribution in [1.82, 2.24) is 0 Å². The maximum atomic E-state index is 12.9. The topological polar surface area (TPSA) is 49.8 Å². The predicted octanol–water partition coefficient (Wildman–Crippen LogP) is 3.90. The minimum absolute atomic E-state index is 0.0440. The van der Waals surface area contributed by atoms with Crippen molar-refractivity contribution in [2.75, 3.05) is 4.90 Å². The first-order valence-electron chi connectivity index (χ1n) is 7.40. The minimum atomic E-state index is -1.46. The fraction of sp³-hybridized carbons (Fsp3) is 0.222. The van der Waals surface area contributed by atoms with Gasteiger partial charge in [-0.2, -0.15) is 0 Å². The molecule has 0 bridgehead atoms. The maximum absolute atomic E-state index is 12.9. The van der Waals surface area contributed by atoms with Crippen molar-refractivity contribution < 1.29 is 14.6 Å². The molecule has 4 nitrogen and oxygen atoms in total. The van der Waals surface area contributed by atoms with E-state index in [0.29, 0.717) is 11.3 Å². The summed E-state index contributed by atoms with van der Waals surface area (Å²) in [6.45, 7) is 3.52. The lowest BCUT2D eigenvalue weighted by Crippen LogP contribution is -2.43. The van der Waals surface area contributed by atoms with E-state index >= 15 is 0 Å². The fourth-order valence-electron chi connectivity index (χ4n) is 2.63. The summed E-state index contributed by atoms with van der Waals surface area (Å²) in [6.07, 6.45) is -1.13. The third kappa shape index (κ3) is 2.85. The van der Waals surface area contributed by atoms with Crippen LogP contribution in [0.25, 0.3) is 0 Å². The van der Waals surface area contributed by atoms with Gasteiger partial charge in [0.1, 0.15) is 6.10 Å². The largest absolute Gasteiger partial charge is 0.451 e. The Morgan fingerprint density at radius 1 is 1.17 bits per heavy atom. The van der Waals surface area contributed by atoms with E-state index < -0.39 is 11.7 Å². The van der Waals surface area contributed by atoms with E-state index in [1.807, 2.05) is 19.1 Å². The van der Waals surface area contributed by atoms with Gasteiger partial charge in [-0.3, -0.25) is 4.79 Å². The van der Waals surface area contributed by atoms with Gasteiger partial charge in [0, 0.05) is 4.47 Å². The summed E-state index contributed by atoms with van der Waals surface area (Å²) in [5.74, 6) is -0.383. The number of carbonyl (C=O) groups is 1. The zero-order valence-corrected chi connectivity index (χ0v) is 15.6. The molecule has 3 rings (SSSR count). The monoisotopic (exact) mass is 405 g/mol. The van der Waals surface area contributed by atoms with Gasteiger partial charge in [-0.05, 0) is 55.9 Å². The third-order valence-corrected chi connectivity index (χ3v) is 4.90. The Balaban J connectivity index is 1.94. The number of ether oxygens (including phenoxy) is 1.